The van der Waals surface area contributed by atoms with Gasteiger partial charge in [0.2, 0.25) is 0 Å². The fourth-order valence-corrected chi connectivity index (χ4v) is 2.79. The first kappa shape index (κ1) is 19.4. The molecule has 3 rings (SSSR count). The molecule has 0 fully saturated rings. The maximum atomic E-state index is 12.0. The summed E-state index contributed by atoms with van der Waals surface area (Å²) in [6.07, 6.45) is 5.17. The van der Waals surface area contributed by atoms with Gasteiger partial charge in [0.1, 0.15) is 23.8 Å². The quantitative estimate of drug-likeness (QED) is 0.341. The Bertz CT molecular complexity index is 908. The lowest BCUT2D eigenvalue weighted by Crippen LogP contribution is -2.32. The highest BCUT2D eigenvalue weighted by Gasteiger charge is 2.03. The smallest absolute Gasteiger partial charge is 0.319 e. The van der Waals surface area contributed by atoms with Gasteiger partial charge in [-0.25, -0.2) is 19.7 Å². The van der Waals surface area contributed by atoms with Crippen LogP contribution in [0.4, 0.5) is 27.9 Å². The molecular weight excluding hydrogens is 374 g/mol. The number of hydrogen-bond donors (Lipinski definition) is 4. The summed E-state index contributed by atoms with van der Waals surface area (Å²) in [5, 5.41) is 11.9. The van der Waals surface area contributed by atoms with Crippen molar-refractivity contribution in [2.24, 2.45) is 0 Å². The van der Waals surface area contributed by atoms with Crippen molar-refractivity contribution in [3.63, 3.8) is 0 Å². The van der Waals surface area contributed by atoms with E-state index in [2.05, 4.69) is 36.2 Å². The molecule has 0 atom stereocenters. The number of benzene rings is 1. The highest BCUT2D eigenvalue weighted by molar-refractivity contribution is 7.98. The maximum absolute atomic E-state index is 12.0. The second-order valence-electron chi connectivity index (χ2n) is 5.67. The lowest BCUT2D eigenvalue weighted by atomic mass is 10.3. The molecule has 4 N–H and O–H groups in total. The van der Waals surface area contributed by atoms with E-state index in [9.17, 15) is 4.79 Å². The molecule has 0 spiro atoms. The standard InChI is InChI=1S/C19H21N7OS/c1-28-15-6-4-5-14(11-15)25-19(27)22-10-9-21-17-12-18(24-13-23-17)26-16-7-2-3-8-20-16/h2-8,11-13H,9-10H2,1H3,(H2,22,25,27)(H2,20,21,23,24,26). The molecule has 144 valence electrons. The van der Waals surface area contributed by atoms with Crippen LogP contribution in [0.1, 0.15) is 0 Å². The Labute approximate surface area is 167 Å². The summed E-state index contributed by atoms with van der Waals surface area (Å²) in [5.74, 6) is 2.00. The average Bonchev–Trinajstić information content (AvgIpc) is 2.72. The molecule has 2 heterocycles. The number of thioether (sulfide) groups is 1. The van der Waals surface area contributed by atoms with Crippen LogP contribution in [0.2, 0.25) is 0 Å². The number of anilines is 4. The Morgan fingerprint density at radius 3 is 2.68 bits per heavy atom. The molecule has 0 saturated heterocycles. The minimum Gasteiger partial charge on any atom is -0.368 e. The predicted molar refractivity (Wildman–Crippen MR) is 113 cm³/mol. The van der Waals surface area contributed by atoms with E-state index >= 15 is 0 Å². The second-order valence-corrected chi connectivity index (χ2v) is 6.55. The molecule has 0 bridgehead atoms. The maximum Gasteiger partial charge on any atom is 0.319 e. The van der Waals surface area contributed by atoms with Crippen molar-refractivity contribution in [2.45, 2.75) is 4.90 Å². The van der Waals surface area contributed by atoms with Crippen LogP contribution in [0.5, 0.6) is 0 Å². The summed E-state index contributed by atoms with van der Waals surface area (Å²) in [7, 11) is 0. The lowest BCUT2D eigenvalue weighted by Gasteiger charge is -2.10. The molecule has 2 amide bonds. The van der Waals surface area contributed by atoms with Gasteiger partial charge in [-0.3, -0.25) is 0 Å². The van der Waals surface area contributed by atoms with Crippen LogP contribution < -0.4 is 21.3 Å². The molecule has 0 aliphatic carbocycles. The molecule has 3 aromatic rings. The van der Waals surface area contributed by atoms with Gasteiger partial charge in [-0.05, 0) is 36.6 Å². The predicted octanol–water partition coefficient (Wildman–Crippen LogP) is 3.57. The van der Waals surface area contributed by atoms with Crippen molar-refractivity contribution < 1.29 is 4.79 Å². The van der Waals surface area contributed by atoms with Crippen molar-refractivity contribution in [2.75, 3.05) is 35.3 Å². The van der Waals surface area contributed by atoms with E-state index < -0.39 is 0 Å². The van der Waals surface area contributed by atoms with Gasteiger partial charge < -0.3 is 21.3 Å². The van der Waals surface area contributed by atoms with Crippen molar-refractivity contribution in [1.29, 1.82) is 0 Å². The molecule has 0 saturated carbocycles. The van der Waals surface area contributed by atoms with Crippen LogP contribution >= 0.6 is 11.8 Å². The Kier molecular flexibility index (Phi) is 7.02. The number of nitrogens with one attached hydrogen (secondary N) is 4. The SMILES string of the molecule is CSc1cccc(NC(=O)NCCNc2cc(Nc3ccccn3)ncn2)c1. The normalized spacial score (nSPS) is 10.2. The highest BCUT2D eigenvalue weighted by atomic mass is 32.2. The summed E-state index contributed by atoms with van der Waals surface area (Å²) >= 11 is 1.63. The first-order valence-electron chi connectivity index (χ1n) is 8.66. The van der Waals surface area contributed by atoms with E-state index in [1.165, 1.54) is 6.33 Å². The minimum absolute atomic E-state index is 0.250. The number of nitrogens with zero attached hydrogens (tertiary/aromatic N) is 3. The van der Waals surface area contributed by atoms with Crippen LogP contribution in [0.3, 0.4) is 0 Å². The summed E-state index contributed by atoms with van der Waals surface area (Å²) in [6.45, 7) is 0.972. The second kappa shape index (κ2) is 10.1. The number of pyridine rings is 1. The van der Waals surface area contributed by atoms with Crippen molar-refractivity contribution in [3.05, 3.63) is 61.1 Å². The fourth-order valence-electron chi connectivity index (χ4n) is 2.33. The number of aromatic nitrogens is 3. The van der Waals surface area contributed by atoms with Gasteiger partial charge >= 0.3 is 6.03 Å². The van der Waals surface area contributed by atoms with Gasteiger partial charge in [-0.15, -0.1) is 11.8 Å². The number of carbonyl (C=O) groups excluding carboxylic acids is 1. The average molecular weight is 395 g/mol. The Balaban J connectivity index is 1.42. The van der Waals surface area contributed by atoms with E-state index in [4.69, 9.17) is 0 Å². The molecule has 0 unspecified atom stereocenters. The number of hydrogen-bond acceptors (Lipinski definition) is 7. The van der Waals surface area contributed by atoms with Gasteiger partial charge in [0.15, 0.2) is 0 Å². The number of amides is 2. The molecule has 1 aromatic carbocycles. The summed E-state index contributed by atoms with van der Waals surface area (Å²) in [4.78, 5) is 25.6. The van der Waals surface area contributed by atoms with Crippen LogP contribution in [-0.4, -0.2) is 40.3 Å². The third-order valence-electron chi connectivity index (χ3n) is 3.63. The van der Waals surface area contributed by atoms with Gasteiger partial charge in [-0.2, -0.15) is 0 Å². The van der Waals surface area contributed by atoms with E-state index in [-0.39, 0.29) is 6.03 Å². The number of urea groups is 1. The van der Waals surface area contributed by atoms with Crippen LogP contribution in [0, 0.1) is 0 Å². The van der Waals surface area contributed by atoms with E-state index in [1.807, 2.05) is 48.7 Å². The largest absolute Gasteiger partial charge is 0.368 e. The van der Waals surface area contributed by atoms with Crippen LogP contribution in [0.25, 0.3) is 0 Å². The fraction of sp³-hybridized carbons (Fsp3) is 0.158. The van der Waals surface area contributed by atoms with E-state index in [1.54, 1.807) is 24.0 Å². The van der Waals surface area contributed by atoms with Crippen LogP contribution in [0.15, 0.2) is 66.0 Å². The topological polar surface area (TPSA) is 104 Å². The van der Waals surface area contributed by atoms with Gasteiger partial charge in [0, 0.05) is 35.9 Å². The zero-order valence-corrected chi connectivity index (χ0v) is 16.2. The zero-order chi connectivity index (χ0) is 19.6. The molecule has 0 radical (unpaired) electrons. The first-order valence-corrected chi connectivity index (χ1v) is 9.88. The van der Waals surface area contributed by atoms with E-state index in [0.717, 1.165) is 10.6 Å². The molecule has 0 aliphatic heterocycles. The van der Waals surface area contributed by atoms with Gasteiger partial charge in [0.25, 0.3) is 0 Å². The van der Waals surface area contributed by atoms with Crippen molar-refractivity contribution in [3.8, 4) is 0 Å². The monoisotopic (exact) mass is 395 g/mol. The lowest BCUT2D eigenvalue weighted by molar-refractivity contribution is 0.252. The third-order valence-corrected chi connectivity index (χ3v) is 4.36. The van der Waals surface area contributed by atoms with Gasteiger partial charge in [0.05, 0.1) is 0 Å². The van der Waals surface area contributed by atoms with Crippen LogP contribution in [-0.2, 0) is 0 Å². The Morgan fingerprint density at radius 1 is 0.964 bits per heavy atom. The molecule has 9 heteroatoms. The van der Waals surface area contributed by atoms with Gasteiger partial charge in [-0.1, -0.05) is 12.1 Å². The molecule has 0 aliphatic rings. The highest BCUT2D eigenvalue weighted by Crippen LogP contribution is 2.18. The van der Waals surface area contributed by atoms with E-state index in [0.29, 0.717) is 30.5 Å². The van der Waals surface area contributed by atoms with Crippen molar-refractivity contribution >= 4 is 40.9 Å². The molecular formula is C19H21N7OS. The third kappa shape index (κ3) is 6.13. The molecule has 2 aromatic heterocycles. The Morgan fingerprint density at radius 2 is 1.86 bits per heavy atom. The Hall–Kier alpha value is -3.33. The number of carbonyl (C=O) groups is 1. The summed E-state index contributed by atoms with van der Waals surface area (Å²) < 4.78 is 0. The molecule has 8 nitrogen and oxygen atoms in total. The minimum atomic E-state index is -0.250. The zero-order valence-electron chi connectivity index (χ0n) is 15.3. The molecule has 28 heavy (non-hydrogen) atoms. The summed E-state index contributed by atoms with van der Waals surface area (Å²) in [6, 6.07) is 14.8. The van der Waals surface area contributed by atoms with Crippen molar-refractivity contribution in [1.82, 2.24) is 20.3 Å². The summed E-state index contributed by atoms with van der Waals surface area (Å²) in [5.41, 5.74) is 0.762. The number of rotatable bonds is 8. The first-order chi connectivity index (χ1) is 13.7.